The number of hydrogen-bond acceptors (Lipinski definition) is 1. The fourth-order valence-electron chi connectivity index (χ4n) is 3.81. The maximum Gasteiger partial charge on any atom is 0.0744 e. The van der Waals surface area contributed by atoms with Crippen molar-refractivity contribution in [3.05, 3.63) is 12.2 Å². The van der Waals surface area contributed by atoms with Crippen LogP contribution in [0.4, 0.5) is 0 Å². The monoisotopic (exact) mass is 378 g/mol. The van der Waals surface area contributed by atoms with Crippen LogP contribution in [0.1, 0.15) is 52.9 Å². The minimum atomic E-state index is -0.582. The van der Waals surface area contributed by atoms with Crippen molar-refractivity contribution in [2.75, 3.05) is 0 Å². The van der Waals surface area contributed by atoms with Gasteiger partial charge in [0.05, 0.1) is 5.60 Å². The van der Waals surface area contributed by atoms with Crippen LogP contribution in [0.3, 0.4) is 0 Å². The Bertz CT molecular complexity index is 362. The van der Waals surface area contributed by atoms with Gasteiger partial charge in [-0.3, -0.25) is 0 Å². The van der Waals surface area contributed by atoms with E-state index in [1.165, 1.54) is 12.0 Å². The van der Waals surface area contributed by atoms with Crippen molar-refractivity contribution in [1.29, 1.82) is 0 Å². The van der Waals surface area contributed by atoms with Crippen LogP contribution >= 0.6 is 31.9 Å². The topological polar surface area (TPSA) is 20.2 Å². The van der Waals surface area contributed by atoms with E-state index in [0.29, 0.717) is 4.83 Å². The molecule has 2 rings (SSSR count). The molecule has 0 bridgehead atoms. The Balaban J connectivity index is 2.37. The molecule has 1 spiro atoms. The van der Waals surface area contributed by atoms with Crippen LogP contribution in [-0.4, -0.2) is 20.4 Å². The van der Waals surface area contributed by atoms with Crippen molar-refractivity contribution >= 4 is 31.9 Å². The summed E-state index contributed by atoms with van der Waals surface area (Å²) in [4.78, 5) is 0.700. The molecule has 0 heterocycles. The summed E-state index contributed by atoms with van der Waals surface area (Å²) < 4.78 is 0. The molecule has 104 valence electrons. The fraction of sp³-hybridized carbons (Fsp3) is 0.867. The number of halogens is 2. The third-order valence-corrected chi connectivity index (χ3v) is 8.57. The van der Waals surface area contributed by atoms with Crippen LogP contribution in [0, 0.1) is 10.8 Å². The summed E-state index contributed by atoms with van der Waals surface area (Å²) in [5.41, 5.74) is 1.17. The summed E-state index contributed by atoms with van der Waals surface area (Å²) in [6.07, 6.45) is 5.19. The van der Waals surface area contributed by atoms with E-state index in [9.17, 15) is 5.11 Å². The third kappa shape index (κ3) is 2.05. The van der Waals surface area contributed by atoms with Gasteiger partial charge in [-0.1, -0.05) is 57.9 Å². The molecule has 0 radical (unpaired) electrons. The van der Waals surface area contributed by atoms with Gasteiger partial charge in [-0.05, 0) is 49.9 Å². The molecule has 2 saturated carbocycles. The molecule has 0 aromatic heterocycles. The minimum absolute atomic E-state index is 0.160. The van der Waals surface area contributed by atoms with E-state index in [1.54, 1.807) is 0 Å². The summed E-state index contributed by atoms with van der Waals surface area (Å²) in [6, 6.07) is 0. The Morgan fingerprint density at radius 1 is 1.17 bits per heavy atom. The molecule has 2 unspecified atom stereocenters. The lowest BCUT2D eigenvalue weighted by atomic mass is 9.49. The predicted octanol–water partition coefficient (Wildman–Crippen LogP) is 4.81. The largest absolute Gasteiger partial charge is 0.389 e. The standard InChI is InChI=1S/C15H24Br2O/c1-10-5-6-11(16)13(2,3)15(10)8-7-14(4,18)12(17)9-15/h11-12,18H,1,5-9H2,2-4H3/t11?,12-,14-,15?/m0/s1. The normalized spacial score (nSPS) is 48.4. The van der Waals surface area contributed by atoms with E-state index >= 15 is 0 Å². The molecular formula is C15H24Br2O. The number of aliphatic hydroxyl groups is 1. The first kappa shape index (κ1) is 15.1. The first-order valence-electron chi connectivity index (χ1n) is 6.82. The van der Waals surface area contributed by atoms with Crippen molar-refractivity contribution < 1.29 is 5.11 Å². The van der Waals surface area contributed by atoms with Crippen molar-refractivity contribution in [2.45, 2.75) is 68.1 Å². The van der Waals surface area contributed by atoms with Crippen LogP contribution in [0.25, 0.3) is 0 Å². The predicted molar refractivity (Wildman–Crippen MR) is 84.5 cm³/mol. The second-order valence-electron chi connectivity index (χ2n) is 6.94. The molecular weight excluding hydrogens is 356 g/mol. The van der Waals surface area contributed by atoms with Crippen molar-refractivity contribution in [1.82, 2.24) is 0 Å². The van der Waals surface area contributed by atoms with E-state index in [1.807, 2.05) is 6.92 Å². The molecule has 0 aromatic rings. The second-order valence-corrected chi connectivity index (χ2v) is 9.15. The molecule has 2 aliphatic rings. The van der Waals surface area contributed by atoms with E-state index in [4.69, 9.17) is 0 Å². The lowest BCUT2D eigenvalue weighted by Crippen LogP contribution is -2.55. The molecule has 0 amide bonds. The zero-order valence-corrected chi connectivity index (χ0v) is 14.8. The smallest absolute Gasteiger partial charge is 0.0744 e. The SMILES string of the molecule is C=C1CCC(Br)C(C)(C)C12CC[C@](C)(O)[C@@H](Br)C2. The quantitative estimate of drug-likeness (QED) is 0.472. The third-order valence-electron chi connectivity index (χ3n) is 5.65. The zero-order valence-electron chi connectivity index (χ0n) is 11.6. The Morgan fingerprint density at radius 2 is 1.78 bits per heavy atom. The Labute approximate surface area is 128 Å². The van der Waals surface area contributed by atoms with Gasteiger partial charge in [0.1, 0.15) is 0 Å². The van der Waals surface area contributed by atoms with Gasteiger partial charge in [0.15, 0.2) is 0 Å². The van der Waals surface area contributed by atoms with Gasteiger partial charge in [0, 0.05) is 9.65 Å². The molecule has 2 aliphatic carbocycles. The Kier molecular flexibility index (Phi) is 3.84. The molecule has 0 aromatic carbocycles. The Morgan fingerprint density at radius 3 is 2.33 bits per heavy atom. The van der Waals surface area contributed by atoms with E-state index < -0.39 is 5.60 Å². The van der Waals surface area contributed by atoms with Crippen molar-refractivity contribution in [2.24, 2.45) is 10.8 Å². The number of hydrogen-bond donors (Lipinski definition) is 1. The van der Waals surface area contributed by atoms with Gasteiger partial charge >= 0.3 is 0 Å². The van der Waals surface area contributed by atoms with Crippen molar-refractivity contribution in [3.63, 3.8) is 0 Å². The van der Waals surface area contributed by atoms with Crippen LogP contribution in [-0.2, 0) is 0 Å². The van der Waals surface area contributed by atoms with E-state index in [-0.39, 0.29) is 15.7 Å². The molecule has 0 aliphatic heterocycles. The first-order chi connectivity index (χ1) is 8.13. The summed E-state index contributed by atoms with van der Waals surface area (Å²) in [7, 11) is 0. The maximum absolute atomic E-state index is 10.4. The van der Waals surface area contributed by atoms with Crippen LogP contribution in [0.15, 0.2) is 12.2 Å². The number of rotatable bonds is 0. The highest BCUT2D eigenvalue weighted by atomic mass is 79.9. The summed E-state index contributed by atoms with van der Waals surface area (Å²) in [5.74, 6) is 0. The highest BCUT2D eigenvalue weighted by Gasteiger charge is 2.57. The Hall–Kier alpha value is 0.660. The molecule has 3 heteroatoms. The fourth-order valence-corrected chi connectivity index (χ4v) is 5.26. The molecule has 18 heavy (non-hydrogen) atoms. The van der Waals surface area contributed by atoms with Crippen molar-refractivity contribution in [3.8, 4) is 0 Å². The van der Waals surface area contributed by atoms with Gasteiger partial charge in [-0.2, -0.15) is 0 Å². The zero-order chi connectivity index (χ0) is 13.8. The number of allylic oxidation sites excluding steroid dienone is 1. The summed E-state index contributed by atoms with van der Waals surface area (Å²) >= 11 is 7.59. The van der Waals surface area contributed by atoms with E-state index in [2.05, 4.69) is 52.3 Å². The van der Waals surface area contributed by atoms with Crippen LogP contribution in [0.2, 0.25) is 0 Å². The van der Waals surface area contributed by atoms with E-state index in [0.717, 1.165) is 25.7 Å². The minimum Gasteiger partial charge on any atom is -0.389 e. The molecule has 4 atom stereocenters. The molecule has 1 N–H and O–H groups in total. The highest BCUT2D eigenvalue weighted by molar-refractivity contribution is 9.09. The molecule has 0 saturated heterocycles. The van der Waals surface area contributed by atoms with Gasteiger partial charge < -0.3 is 5.11 Å². The lowest BCUT2D eigenvalue weighted by molar-refractivity contribution is -0.0471. The summed E-state index contributed by atoms with van der Waals surface area (Å²) in [5, 5.41) is 10.4. The van der Waals surface area contributed by atoms with Gasteiger partial charge in [0.2, 0.25) is 0 Å². The van der Waals surface area contributed by atoms with Gasteiger partial charge in [0.25, 0.3) is 0 Å². The van der Waals surface area contributed by atoms with Crippen LogP contribution < -0.4 is 0 Å². The second kappa shape index (κ2) is 4.60. The highest BCUT2D eigenvalue weighted by Crippen LogP contribution is 2.63. The number of alkyl halides is 2. The first-order valence-corrected chi connectivity index (χ1v) is 8.65. The van der Waals surface area contributed by atoms with Gasteiger partial charge in [-0.15, -0.1) is 0 Å². The lowest BCUT2D eigenvalue weighted by Gasteiger charge is -2.59. The molecule has 2 fully saturated rings. The molecule has 1 nitrogen and oxygen atoms in total. The average Bonchev–Trinajstić information content (AvgIpc) is 2.27. The summed E-state index contributed by atoms with van der Waals surface area (Å²) in [6.45, 7) is 11.0. The van der Waals surface area contributed by atoms with Crippen LogP contribution in [0.5, 0.6) is 0 Å². The average molecular weight is 380 g/mol. The van der Waals surface area contributed by atoms with Gasteiger partial charge in [-0.25, -0.2) is 0 Å². The maximum atomic E-state index is 10.4.